The van der Waals surface area contributed by atoms with E-state index in [9.17, 15) is 13.2 Å². The topological polar surface area (TPSA) is 88.9 Å². The minimum Gasteiger partial charge on any atom is -0.459 e. The maximum Gasteiger partial charge on any atom is 0.291 e. The number of hydrogen-bond donors (Lipinski definition) is 1. The van der Waals surface area contributed by atoms with E-state index in [2.05, 4.69) is 5.32 Å². The molecule has 1 saturated heterocycles. The Bertz CT molecular complexity index is 820. The van der Waals surface area contributed by atoms with Crippen molar-refractivity contribution in [2.45, 2.75) is 31.0 Å². The van der Waals surface area contributed by atoms with Crippen molar-refractivity contribution in [3.05, 3.63) is 48.4 Å². The van der Waals surface area contributed by atoms with E-state index in [-0.39, 0.29) is 22.9 Å². The van der Waals surface area contributed by atoms with Crippen LogP contribution in [-0.2, 0) is 14.8 Å². The molecule has 1 fully saturated rings. The summed E-state index contributed by atoms with van der Waals surface area (Å²) in [4.78, 5) is 12.1. The van der Waals surface area contributed by atoms with Gasteiger partial charge in [-0.15, -0.1) is 0 Å². The monoisotopic (exact) mass is 364 g/mol. The number of anilines is 1. The maximum absolute atomic E-state index is 12.8. The van der Waals surface area contributed by atoms with Crippen LogP contribution in [0.3, 0.4) is 0 Å². The standard InChI is InChI=1S/C17H20N2O5S/c1-12-10-19(11-13(2)24-12)25(21,22)15-7-5-14(6-8-15)18-17(20)16-4-3-9-23-16/h3-9,12-13H,10-11H2,1-2H3,(H,18,20)/t12-,13-/m1/s1. The average molecular weight is 364 g/mol. The first-order valence-electron chi connectivity index (χ1n) is 7.97. The molecule has 25 heavy (non-hydrogen) atoms. The number of sulfonamides is 1. The zero-order valence-electron chi connectivity index (χ0n) is 14.0. The average Bonchev–Trinajstić information content (AvgIpc) is 3.09. The highest BCUT2D eigenvalue weighted by molar-refractivity contribution is 7.89. The number of furan rings is 1. The van der Waals surface area contributed by atoms with Gasteiger partial charge >= 0.3 is 0 Å². The fourth-order valence-corrected chi connectivity index (χ4v) is 4.38. The molecular weight excluding hydrogens is 344 g/mol. The molecule has 0 radical (unpaired) electrons. The highest BCUT2D eigenvalue weighted by Gasteiger charge is 2.32. The molecule has 1 amide bonds. The van der Waals surface area contributed by atoms with Crippen molar-refractivity contribution in [1.82, 2.24) is 4.31 Å². The van der Waals surface area contributed by atoms with E-state index >= 15 is 0 Å². The van der Waals surface area contributed by atoms with Gasteiger partial charge in [0.2, 0.25) is 10.0 Å². The number of nitrogens with zero attached hydrogens (tertiary/aromatic N) is 1. The van der Waals surface area contributed by atoms with Crippen molar-refractivity contribution in [2.75, 3.05) is 18.4 Å². The second kappa shape index (κ2) is 6.99. The van der Waals surface area contributed by atoms with Crippen LogP contribution in [0.5, 0.6) is 0 Å². The number of rotatable bonds is 4. The minimum absolute atomic E-state index is 0.148. The predicted octanol–water partition coefficient (Wildman–Crippen LogP) is 2.33. The van der Waals surface area contributed by atoms with E-state index in [1.165, 1.54) is 22.7 Å². The number of carbonyl (C=O) groups excluding carboxylic acids is 1. The fraction of sp³-hybridized carbons (Fsp3) is 0.353. The van der Waals surface area contributed by atoms with E-state index in [0.29, 0.717) is 18.8 Å². The Morgan fingerprint density at radius 2 is 1.76 bits per heavy atom. The summed E-state index contributed by atoms with van der Waals surface area (Å²) >= 11 is 0. The number of carbonyl (C=O) groups is 1. The summed E-state index contributed by atoms with van der Waals surface area (Å²) in [5.41, 5.74) is 0.490. The van der Waals surface area contributed by atoms with E-state index in [4.69, 9.17) is 9.15 Å². The summed E-state index contributed by atoms with van der Waals surface area (Å²) in [5, 5.41) is 2.66. The van der Waals surface area contributed by atoms with Crippen LogP contribution in [0.25, 0.3) is 0 Å². The van der Waals surface area contributed by atoms with Crippen molar-refractivity contribution >= 4 is 21.6 Å². The number of benzene rings is 1. The third-order valence-electron chi connectivity index (χ3n) is 3.88. The molecule has 2 atom stereocenters. The highest BCUT2D eigenvalue weighted by atomic mass is 32.2. The molecule has 0 aliphatic carbocycles. The molecule has 7 nitrogen and oxygen atoms in total. The molecule has 1 aliphatic heterocycles. The lowest BCUT2D eigenvalue weighted by molar-refractivity contribution is -0.0440. The van der Waals surface area contributed by atoms with Gasteiger partial charge in [0.25, 0.3) is 5.91 Å². The van der Waals surface area contributed by atoms with Crippen LogP contribution < -0.4 is 5.32 Å². The number of morpholine rings is 1. The van der Waals surface area contributed by atoms with E-state index in [1.807, 2.05) is 13.8 Å². The van der Waals surface area contributed by atoms with Crippen molar-refractivity contribution in [3.8, 4) is 0 Å². The molecule has 1 N–H and O–H groups in total. The molecule has 2 heterocycles. The van der Waals surface area contributed by atoms with Crippen LogP contribution in [-0.4, -0.2) is 43.9 Å². The van der Waals surface area contributed by atoms with Crippen LogP contribution in [0.15, 0.2) is 52.0 Å². The summed E-state index contributed by atoms with van der Waals surface area (Å²) < 4.78 is 37.6. The number of hydrogen-bond acceptors (Lipinski definition) is 5. The van der Waals surface area contributed by atoms with Crippen molar-refractivity contribution in [1.29, 1.82) is 0 Å². The van der Waals surface area contributed by atoms with Gasteiger partial charge in [0.15, 0.2) is 5.76 Å². The first-order chi connectivity index (χ1) is 11.9. The number of amides is 1. The first kappa shape index (κ1) is 17.7. The Morgan fingerprint density at radius 3 is 2.32 bits per heavy atom. The largest absolute Gasteiger partial charge is 0.459 e. The Balaban J connectivity index is 1.74. The maximum atomic E-state index is 12.8. The van der Waals surface area contributed by atoms with Gasteiger partial charge in [-0.1, -0.05) is 0 Å². The highest BCUT2D eigenvalue weighted by Crippen LogP contribution is 2.22. The summed E-state index contributed by atoms with van der Waals surface area (Å²) in [6.07, 6.45) is 1.12. The lowest BCUT2D eigenvalue weighted by atomic mass is 10.3. The lowest BCUT2D eigenvalue weighted by Crippen LogP contribution is -2.48. The smallest absolute Gasteiger partial charge is 0.291 e. The Morgan fingerprint density at radius 1 is 1.12 bits per heavy atom. The van der Waals surface area contributed by atoms with E-state index in [1.54, 1.807) is 24.3 Å². The molecule has 0 spiro atoms. The van der Waals surface area contributed by atoms with Gasteiger partial charge in [0.05, 0.1) is 23.4 Å². The third-order valence-corrected chi connectivity index (χ3v) is 5.73. The molecule has 0 saturated carbocycles. The zero-order chi connectivity index (χ0) is 18.0. The summed E-state index contributed by atoms with van der Waals surface area (Å²) in [5.74, 6) is -0.204. The molecule has 2 aromatic rings. The zero-order valence-corrected chi connectivity index (χ0v) is 14.8. The summed E-state index contributed by atoms with van der Waals surface area (Å²) in [6.45, 7) is 4.35. The third kappa shape index (κ3) is 3.92. The fourth-order valence-electron chi connectivity index (χ4n) is 2.79. The van der Waals surface area contributed by atoms with Gasteiger partial charge in [-0.05, 0) is 50.2 Å². The Labute approximate surface area is 146 Å². The van der Waals surface area contributed by atoms with Crippen LogP contribution in [0.1, 0.15) is 24.4 Å². The van der Waals surface area contributed by atoms with Gasteiger partial charge in [0, 0.05) is 18.8 Å². The second-order valence-electron chi connectivity index (χ2n) is 6.04. The van der Waals surface area contributed by atoms with Gasteiger partial charge in [-0.25, -0.2) is 8.42 Å². The molecule has 8 heteroatoms. The lowest BCUT2D eigenvalue weighted by Gasteiger charge is -2.34. The summed E-state index contributed by atoms with van der Waals surface area (Å²) in [6, 6.07) is 9.25. The first-order valence-corrected chi connectivity index (χ1v) is 9.41. The predicted molar refractivity (Wildman–Crippen MR) is 91.9 cm³/mol. The quantitative estimate of drug-likeness (QED) is 0.899. The van der Waals surface area contributed by atoms with Gasteiger partial charge in [-0.3, -0.25) is 4.79 Å². The molecule has 1 aromatic carbocycles. The molecule has 0 bridgehead atoms. The van der Waals surface area contributed by atoms with Crippen LogP contribution in [0.2, 0.25) is 0 Å². The minimum atomic E-state index is -3.59. The van der Waals surface area contributed by atoms with E-state index in [0.717, 1.165) is 0 Å². The SMILES string of the molecule is C[C@@H]1CN(S(=O)(=O)c2ccc(NC(=O)c3ccco3)cc2)C[C@@H](C)O1. The van der Waals surface area contributed by atoms with Gasteiger partial charge in [-0.2, -0.15) is 4.31 Å². The summed E-state index contributed by atoms with van der Waals surface area (Å²) in [7, 11) is -3.59. The van der Waals surface area contributed by atoms with Crippen molar-refractivity contribution in [3.63, 3.8) is 0 Å². The molecule has 0 unspecified atom stereocenters. The van der Waals surface area contributed by atoms with Crippen molar-refractivity contribution < 1.29 is 22.4 Å². The van der Waals surface area contributed by atoms with E-state index < -0.39 is 15.9 Å². The molecule has 134 valence electrons. The molecular formula is C17H20N2O5S. The van der Waals surface area contributed by atoms with Crippen LogP contribution in [0, 0.1) is 0 Å². The Hall–Kier alpha value is -2.16. The van der Waals surface area contributed by atoms with Crippen LogP contribution in [0.4, 0.5) is 5.69 Å². The second-order valence-corrected chi connectivity index (χ2v) is 7.97. The molecule has 1 aliphatic rings. The number of nitrogens with one attached hydrogen (secondary N) is 1. The van der Waals surface area contributed by atoms with Gasteiger partial charge < -0.3 is 14.5 Å². The molecule has 1 aromatic heterocycles. The van der Waals surface area contributed by atoms with Gasteiger partial charge in [0.1, 0.15) is 0 Å². The van der Waals surface area contributed by atoms with Crippen molar-refractivity contribution in [2.24, 2.45) is 0 Å². The van der Waals surface area contributed by atoms with Crippen LogP contribution >= 0.6 is 0 Å². The molecule has 3 rings (SSSR count). The Kier molecular flexibility index (Phi) is 4.94. The normalized spacial score (nSPS) is 21.8. The number of ether oxygens (including phenoxy) is 1.